The third-order valence-corrected chi connectivity index (χ3v) is 8.06. The van der Waals surface area contributed by atoms with Crippen molar-refractivity contribution < 1.29 is 9.90 Å². The smallest absolute Gasteiger partial charge is 0.272 e. The summed E-state index contributed by atoms with van der Waals surface area (Å²) in [6, 6.07) is 10.4. The highest BCUT2D eigenvalue weighted by Gasteiger charge is 2.45. The molecule has 1 aromatic carbocycles. The summed E-state index contributed by atoms with van der Waals surface area (Å²) in [6.45, 7) is 6.10. The van der Waals surface area contributed by atoms with Crippen LogP contribution in [0.1, 0.15) is 61.5 Å². The van der Waals surface area contributed by atoms with Crippen LogP contribution in [0.5, 0.6) is 0 Å². The van der Waals surface area contributed by atoms with E-state index in [1.165, 1.54) is 11.3 Å². The minimum Gasteiger partial charge on any atom is -0.388 e. The maximum atomic E-state index is 12.9. The molecule has 0 atom stereocenters. The van der Waals surface area contributed by atoms with Crippen LogP contribution in [0.3, 0.4) is 0 Å². The minimum absolute atomic E-state index is 0.106. The van der Waals surface area contributed by atoms with Gasteiger partial charge < -0.3 is 14.9 Å². The van der Waals surface area contributed by atoms with Crippen molar-refractivity contribution in [3.8, 4) is 0 Å². The summed E-state index contributed by atoms with van der Waals surface area (Å²) in [4.78, 5) is 17.3. The van der Waals surface area contributed by atoms with Gasteiger partial charge in [-0.2, -0.15) is 5.10 Å². The lowest BCUT2D eigenvalue weighted by Crippen LogP contribution is -2.50. The van der Waals surface area contributed by atoms with Crippen LogP contribution >= 0.6 is 0 Å². The van der Waals surface area contributed by atoms with Crippen LogP contribution in [0.2, 0.25) is 0 Å². The molecule has 0 unspecified atom stereocenters. The van der Waals surface area contributed by atoms with Gasteiger partial charge >= 0.3 is 0 Å². The van der Waals surface area contributed by atoms with E-state index in [2.05, 4.69) is 34.3 Å². The number of hydrogen-bond acceptors (Lipinski definition) is 4. The number of aromatic nitrogens is 2. The number of carbonyl (C=O) groups is 1. The Morgan fingerprint density at radius 2 is 1.77 bits per heavy atom. The second-order valence-electron chi connectivity index (χ2n) is 9.85. The highest BCUT2D eigenvalue weighted by molar-refractivity contribution is 5.92. The van der Waals surface area contributed by atoms with Gasteiger partial charge in [0.2, 0.25) is 0 Å². The fourth-order valence-electron chi connectivity index (χ4n) is 5.94. The van der Waals surface area contributed by atoms with Crippen LogP contribution in [0.15, 0.2) is 36.5 Å². The Kier molecular flexibility index (Phi) is 5.29. The topological polar surface area (TPSA) is 61.6 Å². The monoisotopic (exact) mass is 422 g/mol. The average molecular weight is 423 g/mol. The van der Waals surface area contributed by atoms with E-state index < -0.39 is 5.60 Å². The highest BCUT2D eigenvalue weighted by Crippen LogP contribution is 2.48. The van der Waals surface area contributed by atoms with Gasteiger partial charge in [-0.3, -0.25) is 9.48 Å². The number of nitrogens with zero attached hydrogens (tertiary/aromatic N) is 4. The number of β-amino-alcohol motifs (C(OH)–C–C–N with tert-alkyl or cyclic N) is 1. The molecule has 6 nitrogen and oxygen atoms in total. The van der Waals surface area contributed by atoms with Crippen LogP contribution < -0.4 is 4.90 Å². The molecule has 1 amide bonds. The molecular formula is C25H34N4O2. The van der Waals surface area contributed by atoms with Gasteiger partial charge in [-0.05, 0) is 75.0 Å². The van der Waals surface area contributed by atoms with Crippen molar-refractivity contribution >= 4 is 11.6 Å². The Labute approximate surface area is 184 Å². The summed E-state index contributed by atoms with van der Waals surface area (Å²) in [5.74, 6) is 0.106. The largest absolute Gasteiger partial charge is 0.388 e. The third kappa shape index (κ3) is 3.86. The van der Waals surface area contributed by atoms with Crippen molar-refractivity contribution in [2.45, 2.75) is 64.0 Å². The second-order valence-corrected chi connectivity index (χ2v) is 9.85. The van der Waals surface area contributed by atoms with E-state index in [1.807, 2.05) is 17.9 Å². The molecule has 0 radical (unpaired) electrons. The zero-order valence-electron chi connectivity index (χ0n) is 18.6. The van der Waals surface area contributed by atoms with Crippen LogP contribution in [0.4, 0.5) is 5.69 Å². The number of amides is 1. The molecule has 0 bridgehead atoms. The van der Waals surface area contributed by atoms with Crippen molar-refractivity contribution in [1.29, 1.82) is 0 Å². The number of carbonyl (C=O) groups excluding carboxylic acids is 1. The first-order valence-corrected chi connectivity index (χ1v) is 11.9. The predicted molar refractivity (Wildman–Crippen MR) is 121 cm³/mol. The standard InChI is InChI=1S/C25H34N4O2/c1-2-29-22(7-15-26-29)23(30)27-17-13-24(14-18-27)9-11-25(31,12-10-24)19-28-16-8-20-5-3-4-6-21(20)28/h3-7,15,31H,2,8-14,16-19H2,1H3. The molecule has 31 heavy (non-hydrogen) atoms. The average Bonchev–Trinajstić information content (AvgIpc) is 3.44. The molecule has 2 aliphatic heterocycles. The van der Waals surface area contributed by atoms with Crippen molar-refractivity contribution in [2.24, 2.45) is 5.41 Å². The maximum absolute atomic E-state index is 12.9. The van der Waals surface area contributed by atoms with E-state index in [-0.39, 0.29) is 11.3 Å². The maximum Gasteiger partial charge on any atom is 0.272 e. The van der Waals surface area contributed by atoms with Gasteiger partial charge in [0.25, 0.3) is 5.91 Å². The number of benzene rings is 1. The normalized spacial score (nSPS) is 22.0. The zero-order valence-corrected chi connectivity index (χ0v) is 18.6. The summed E-state index contributed by atoms with van der Waals surface area (Å²) in [6.07, 6.45) is 8.73. The lowest BCUT2D eigenvalue weighted by atomic mass is 9.64. The first kappa shape index (κ1) is 20.6. The molecule has 166 valence electrons. The molecule has 1 saturated heterocycles. The van der Waals surface area contributed by atoms with Gasteiger partial charge in [0.05, 0.1) is 5.60 Å². The number of hydrogen-bond donors (Lipinski definition) is 1. The summed E-state index contributed by atoms with van der Waals surface area (Å²) >= 11 is 0. The lowest BCUT2D eigenvalue weighted by molar-refractivity contribution is -0.0445. The zero-order chi connectivity index (χ0) is 21.5. The lowest BCUT2D eigenvalue weighted by Gasteiger charge is -2.49. The van der Waals surface area contributed by atoms with Gasteiger partial charge in [0, 0.05) is 44.6 Å². The molecule has 1 spiro atoms. The Morgan fingerprint density at radius 1 is 1.03 bits per heavy atom. The molecule has 5 rings (SSSR count). The molecule has 1 aromatic heterocycles. The van der Waals surface area contributed by atoms with Gasteiger partial charge in [-0.15, -0.1) is 0 Å². The molecule has 1 aliphatic carbocycles. The fraction of sp³-hybridized carbons (Fsp3) is 0.600. The molecule has 2 fully saturated rings. The Hall–Kier alpha value is -2.34. The molecule has 2 aromatic rings. The van der Waals surface area contributed by atoms with Gasteiger partial charge in [-0.25, -0.2) is 0 Å². The quantitative estimate of drug-likeness (QED) is 0.819. The first-order chi connectivity index (χ1) is 15.0. The molecule has 6 heteroatoms. The molecule has 1 N–H and O–H groups in total. The number of anilines is 1. The SMILES string of the molecule is CCn1nccc1C(=O)N1CCC2(CC1)CCC(O)(CN1CCc3ccccc31)CC2. The first-order valence-electron chi connectivity index (χ1n) is 11.9. The van der Waals surface area contributed by atoms with Crippen LogP contribution in [0, 0.1) is 5.41 Å². The Balaban J connectivity index is 1.17. The Bertz CT molecular complexity index is 935. The van der Waals surface area contributed by atoms with E-state index in [0.29, 0.717) is 12.2 Å². The van der Waals surface area contributed by atoms with Crippen LogP contribution in [-0.4, -0.2) is 57.5 Å². The molecule has 3 aliphatic rings. The minimum atomic E-state index is -0.594. The second kappa shape index (κ2) is 7.97. The number of fused-ring (bicyclic) bond motifs is 1. The van der Waals surface area contributed by atoms with Crippen LogP contribution in [0.25, 0.3) is 0 Å². The number of aryl methyl sites for hydroxylation is 1. The molecule has 3 heterocycles. The molecule has 1 saturated carbocycles. The van der Waals surface area contributed by atoms with E-state index in [9.17, 15) is 9.90 Å². The van der Waals surface area contributed by atoms with E-state index in [1.54, 1.807) is 10.9 Å². The third-order valence-electron chi connectivity index (χ3n) is 8.06. The van der Waals surface area contributed by atoms with E-state index >= 15 is 0 Å². The van der Waals surface area contributed by atoms with Crippen molar-refractivity contribution in [3.63, 3.8) is 0 Å². The Morgan fingerprint density at radius 3 is 2.52 bits per heavy atom. The van der Waals surface area contributed by atoms with Gasteiger partial charge in [0.15, 0.2) is 0 Å². The van der Waals surface area contributed by atoms with Gasteiger partial charge in [-0.1, -0.05) is 18.2 Å². The summed E-state index contributed by atoms with van der Waals surface area (Å²) < 4.78 is 1.78. The highest BCUT2D eigenvalue weighted by atomic mass is 16.3. The number of likely N-dealkylation sites (tertiary alicyclic amines) is 1. The van der Waals surface area contributed by atoms with Crippen LogP contribution in [-0.2, 0) is 13.0 Å². The number of rotatable bonds is 4. The number of piperidine rings is 1. The van der Waals surface area contributed by atoms with Gasteiger partial charge in [0.1, 0.15) is 5.69 Å². The van der Waals surface area contributed by atoms with E-state index in [0.717, 1.165) is 71.1 Å². The van der Waals surface area contributed by atoms with Crippen molar-refractivity contribution in [3.05, 3.63) is 47.8 Å². The van der Waals surface area contributed by atoms with Crippen molar-refractivity contribution in [1.82, 2.24) is 14.7 Å². The number of aliphatic hydroxyl groups is 1. The summed E-state index contributed by atoms with van der Waals surface area (Å²) in [5.41, 5.74) is 3.09. The molecular weight excluding hydrogens is 388 g/mol. The summed E-state index contributed by atoms with van der Waals surface area (Å²) in [7, 11) is 0. The summed E-state index contributed by atoms with van der Waals surface area (Å²) in [5, 5.41) is 15.6. The van der Waals surface area contributed by atoms with E-state index in [4.69, 9.17) is 0 Å². The van der Waals surface area contributed by atoms with Crippen molar-refractivity contribution in [2.75, 3.05) is 31.1 Å². The number of para-hydroxylation sites is 1. The fourth-order valence-corrected chi connectivity index (χ4v) is 5.94. The predicted octanol–water partition coefficient (Wildman–Crippen LogP) is 3.49.